The molecule has 2 heterocycles. The minimum Gasteiger partial charge on any atom is -0.355 e. The zero-order valence-corrected chi connectivity index (χ0v) is 11.3. The molecule has 0 spiro atoms. The van der Waals surface area contributed by atoms with Crippen molar-refractivity contribution in [3.8, 4) is 0 Å². The van der Waals surface area contributed by atoms with Crippen LogP contribution in [0, 0.1) is 0 Å². The number of carbonyl (C=O) groups excluding carboxylic acids is 2. The van der Waals surface area contributed by atoms with Gasteiger partial charge >= 0.3 is 0 Å². The van der Waals surface area contributed by atoms with Gasteiger partial charge < -0.3 is 16.0 Å². The molecule has 1 fully saturated rings. The van der Waals surface area contributed by atoms with E-state index in [1.165, 1.54) is 5.56 Å². The van der Waals surface area contributed by atoms with Gasteiger partial charge in [0, 0.05) is 24.7 Å². The lowest BCUT2D eigenvalue weighted by molar-refractivity contribution is -0.122. The van der Waals surface area contributed by atoms with Crippen LogP contribution in [0.2, 0.25) is 0 Å². The zero-order valence-electron chi connectivity index (χ0n) is 11.3. The molecule has 106 valence electrons. The molecule has 2 unspecified atom stereocenters. The zero-order chi connectivity index (χ0) is 13.9. The monoisotopic (exact) mass is 273 g/mol. The van der Waals surface area contributed by atoms with Gasteiger partial charge in [0.15, 0.2) is 0 Å². The van der Waals surface area contributed by atoms with Gasteiger partial charge in [0.05, 0.1) is 6.04 Å². The summed E-state index contributed by atoms with van der Waals surface area (Å²) in [5.74, 6) is 0.118. The highest BCUT2D eigenvalue weighted by Crippen LogP contribution is 2.22. The molecule has 1 saturated heterocycles. The first kappa shape index (κ1) is 13.1. The van der Waals surface area contributed by atoms with Crippen molar-refractivity contribution in [3.05, 3.63) is 29.8 Å². The van der Waals surface area contributed by atoms with Crippen LogP contribution >= 0.6 is 0 Å². The van der Waals surface area contributed by atoms with Crippen molar-refractivity contribution in [2.75, 3.05) is 11.9 Å². The third-order valence-corrected chi connectivity index (χ3v) is 4.00. The maximum Gasteiger partial charge on any atom is 0.241 e. The molecule has 2 atom stereocenters. The fraction of sp³-hybridized carbons (Fsp3) is 0.467. The van der Waals surface area contributed by atoms with Crippen LogP contribution in [0.4, 0.5) is 5.69 Å². The van der Waals surface area contributed by atoms with E-state index < -0.39 is 0 Å². The van der Waals surface area contributed by atoms with Crippen molar-refractivity contribution >= 4 is 17.5 Å². The van der Waals surface area contributed by atoms with E-state index in [0.717, 1.165) is 24.9 Å². The maximum atomic E-state index is 12.3. The fourth-order valence-corrected chi connectivity index (χ4v) is 2.83. The summed E-state index contributed by atoms with van der Waals surface area (Å²) in [4.78, 5) is 23.4. The molecule has 20 heavy (non-hydrogen) atoms. The Morgan fingerprint density at radius 3 is 2.75 bits per heavy atom. The molecular formula is C15H19N3O2. The number of carbonyl (C=O) groups is 2. The number of anilines is 1. The molecule has 0 aromatic heterocycles. The number of aryl methyl sites for hydroxylation is 1. The number of hydrogen-bond donors (Lipinski definition) is 3. The van der Waals surface area contributed by atoms with Crippen LogP contribution in [0.25, 0.3) is 0 Å². The van der Waals surface area contributed by atoms with E-state index in [4.69, 9.17) is 0 Å². The van der Waals surface area contributed by atoms with Crippen LogP contribution < -0.4 is 16.0 Å². The molecule has 3 rings (SSSR count). The Kier molecular flexibility index (Phi) is 3.69. The maximum absolute atomic E-state index is 12.3. The molecular weight excluding hydrogens is 254 g/mol. The smallest absolute Gasteiger partial charge is 0.241 e. The van der Waals surface area contributed by atoms with Crippen molar-refractivity contribution in [2.45, 2.75) is 37.8 Å². The summed E-state index contributed by atoms with van der Waals surface area (Å²) in [5, 5.41) is 9.19. The first-order valence-electron chi connectivity index (χ1n) is 7.14. The average molecular weight is 273 g/mol. The second-order valence-corrected chi connectivity index (χ2v) is 5.44. The van der Waals surface area contributed by atoms with Gasteiger partial charge in [-0.05, 0) is 30.9 Å². The highest BCUT2D eigenvalue weighted by atomic mass is 16.2. The summed E-state index contributed by atoms with van der Waals surface area (Å²) in [5.41, 5.74) is 2.10. The highest BCUT2D eigenvalue weighted by molar-refractivity contribution is 5.96. The van der Waals surface area contributed by atoms with Crippen LogP contribution in [0.3, 0.4) is 0 Å². The minimum atomic E-state index is -0.192. The Bertz CT molecular complexity index is 520. The van der Waals surface area contributed by atoms with Crippen molar-refractivity contribution in [1.29, 1.82) is 0 Å². The summed E-state index contributed by atoms with van der Waals surface area (Å²) in [6.45, 7) is 0.607. The Morgan fingerprint density at radius 2 is 1.95 bits per heavy atom. The number of benzene rings is 1. The van der Waals surface area contributed by atoms with Crippen molar-refractivity contribution in [3.63, 3.8) is 0 Å². The van der Waals surface area contributed by atoms with Crippen LogP contribution in [0.15, 0.2) is 24.3 Å². The van der Waals surface area contributed by atoms with Gasteiger partial charge in [-0.3, -0.25) is 9.59 Å². The first-order chi connectivity index (χ1) is 9.72. The lowest BCUT2D eigenvalue weighted by Crippen LogP contribution is -2.52. The quantitative estimate of drug-likeness (QED) is 0.747. The molecule has 5 nitrogen and oxygen atoms in total. The Balaban J connectivity index is 1.64. The van der Waals surface area contributed by atoms with E-state index >= 15 is 0 Å². The van der Waals surface area contributed by atoms with Gasteiger partial charge in [0.2, 0.25) is 11.8 Å². The van der Waals surface area contributed by atoms with Crippen LogP contribution in [0.1, 0.15) is 24.8 Å². The minimum absolute atomic E-state index is 0.0202. The van der Waals surface area contributed by atoms with E-state index in [0.29, 0.717) is 13.0 Å². The SMILES string of the molecule is O=C1CCC(NC2CCc3ccccc3NC2=O)CN1. The molecule has 1 aromatic carbocycles. The molecule has 2 aliphatic rings. The van der Waals surface area contributed by atoms with Crippen molar-refractivity contribution < 1.29 is 9.59 Å². The molecule has 0 saturated carbocycles. The lowest BCUT2D eigenvalue weighted by Gasteiger charge is -2.27. The standard InChI is InChI=1S/C15H19N3O2/c19-14-8-6-11(9-16-14)17-13-7-5-10-3-1-2-4-12(10)18-15(13)20/h1-4,11,13,17H,5-9H2,(H,16,19)(H,18,20). The normalized spacial score (nSPS) is 26.2. The third-order valence-electron chi connectivity index (χ3n) is 4.00. The molecule has 0 aliphatic carbocycles. The van der Waals surface area contributed by atoms with Crippen LogP contribution in [0.5, 0.6) is 0 Å². The Morgan fingerprint density at radius 1 is 1.10 bits per heavy atom. The van der Waals surface area contributed by atoms with Crippen LogP contribution in [-0.4, -0.2) is 30.4 Å². The molecule has 2 aliphatic heterocycles. The molecule has 2 amide bonds. The van der Waals surface area contributed by atoms with E-state index in [9.17, 15) is 9.59 Å². The topological polar surface area (TPSA) is 70.2 Å². The van der Waals surface area contributed by atoms with Gasteiger partial charge in [0.25, 0.3) is 0 Å². The largest absolute Gasteiger partial charge is 0.355 e. The number of amides is 2. The lowest BCUT2D eigenvalue weighted by atomic mass is 10.0. The molecule has 1 aromatic rings. The second-order valence-electron chi connectivity index (χ2n) is 5.44. The fourth-order valence-electron chi connectivity index (χ4n) is 2.83. The number of fused-ring (bicyclic) bond motifs is 1. The Labute approximate surface area is 118 Å². The van der Waals surface area contributed by atoms with Crippen molar-refractivity contribution in [1.82, 2.24) is 10.6 Å². The van der Waals surface area contributed by atoms with E-state index in [1.54, 1.807) is 0 Å². The number of hydrogen-bond acceptors (Lipinski definition) is 3. The molecule has 0 radical (unpaired) electrons. The predicted octanol–water partition coefficient (Wildman–Crippen LogP) is 0.808. The number of para-hydroxylation sites is 1. The number of rotatable bonds is 2. The predicted molar refractivity (Wildman–Crippen MR) is 76.3 cm³/mol. The van der Waals surface area contributed by atoms with Gasteiger partial charge in [0.1, 0.15) is 0 Å². The van der Waals surface area contributed by atoms with Gasteiger partial charge in [-0.25, -0.2) is 0 Å². The Hall–Kier alpha value is -1.88. The van der Waals surface area contributed by atoms with Crippen LogP contribution in [-0.2, 0) is 16.0 Å². The number of piperidine rings is 1. The highest BCUT2D eigenvalue weighted by Gasteiger charge is 2.27. The van der Waals surface area contributed by atoms with E-state index in [2.05, 4.69) is 22.0 Å². The van der Waals surface area contributed by atoms with E-state index in [-0.39, 0.29) is 23.9 Å². The van der Waals surface area contributed by atoms with Crippen molar-refractivity contribution in [2.24, 2.45) is 0 Å². The van der Waals surface area contributed by atoms with Gasteiger partial charge in [-0.15, -0.1) is 0 Å². The molecule has 3 N–H and O–H groups in total. The molecule has 5 heteroatoms. The average Bonchev–Trinajstić information content (AvgIpc) is 2.61. The van der Waals surface area contributed by atoms with Gasteiger partial charge in [-0.2, -0.15) is 0 Å². The summed E-state index contributed by atoms with van der Waals surface area (Å²) < 4.78 is 0. The summed E-state index contributed by atoms with van der Waals surface area (Å²) in [6, 6.07) is 7.92. The summed E-state index contributed by atoms with van der Waals surface area (Å²) >= 11 is 0. The third kappa shape index (κ3) is 2.82. The first-order valence-corrected chi connectivity index (χ1v) is 7.14. The summed E-state index contributed by atoms with van der Waals surface area (Å²) in [6.07, 6.45) is 2.99. The second kappa shape index (κ2) is 5.63. The van der Waals surface area contributed by atoms with E-state index in [1.807, 2.05) is 18.2 Å². The summed E-state index contributed by atoms with van der Waals surface area (Å²) in [7, 11) is 0. The van der Waals surface area contributed by atoms with Gasteiger partial charge in [-0.1, -0.05) is 18.2 Å². The number of nitrogens with one attached hydrogen (secondary N) is 3. The molecule has 0 bridgehead atoms.